The van der Waals surface area contributed by atoms with Crippen LogP contribution >= 0.6 is 23.2 Å². The average Bonchev–Trinajstić information content (AvgIpc) is 2.94. The molecule has 1 saturated heterocycles. The number of hydrogen-bond acceptors (Lipinski definition) is 3. The lowest BCUT2D eigenvalue weighted by atomic mass is 9.69. The molecule has 3 unspecified atom stereocenters. The Morgan fingerprint density at radius 2 is 2.05 bits per heavy atom. The van der Waals surface area contributed by atoms with Crippen LogP contribution in [0.5, 0.6) is 0 Å². The number of methoxy groups -OCH3 is 1. The Balaban J connectivity index is 2.09. The Bertz CT molecular complexity index is 525. The predicted molar refractivity (Wildman–Crippen MR) is 82.8 cm³/mol. The predicted octanol–water partition coefficient (Wildman–Crippen LogP) is 2.60. The van der Waals surface area contributed by atoms with Crippen molar-refractivity contribution in [2.24, 2.45) is 0 Å². The van der Waals surface area contributed by atoms with E-state index in [0.717, 1.165) is 25.9 Å². The third-order valence-electron chi connectivity index (χ3n) is 5.21. The second-order valence-corrected chi connectivity index (χ2v) is 6.73. The Kier molecular flexibility index (Phi) is 3.76. The first kappa shape index (κ1) is 14.6. The first-order valence-electron chi connectivity index (χ1n) is 6.95. The molecule has 3 atom stereocenters. The number of fused-ring (bicyclic) bond motifs is 1. The van der Waals surface area contributed by atoms with Crippen molar-refractivity contribution in [3.63, 3.8) is 0 Å². The standard InChI is InChI=1S/C15H20Cl2N2O/c1-18-15-7-11(20-2)6-14(15,8-19-9-15)10-3-4-12(16)13(17)5-10/h3-5,11,18-19H,6-9H2,1-2H3. The van der Waals surface area contributed by atoms with Gasteiger partial charge in [-0.25, -0.2) is 0 Å². The van der Waals surface area contributed by atoms with Gasteiger partial charge in [-0.05, 0) is 37.6 Å². The van der Waals surface area contributed by atoms with E-state index in [1.54, 1.807) is 7.11 Å². The van der Waals surface area contributed by atoms with Crippen molar-refractivity contribution in [2.75, 3.05) is 27.2 Å². The molecule has 3 rings (SSSR count). The summed E-state index contributed by atoms with van der Waals surface area (Å²) >= 11 is 12.3. The molecule has 0 aromatic heterocycles. The minimum Gasteiger partial charge on any atom is -0.381 e. The van der Waals surface area contributed by atoms with E-state index < -0.39 is 0 Å². The number of rotatable bonds is 3. The largest absolute Gasteiger partial charge is 0.381 e. The van der Waals surface area contributed by atoms with Crippen LogP contribution in [-0.4, -0.2) is 38.9 Å². The van der Waals surface area contributed by atoms with Crippen LogP contribution in [0.25, 0.3) is 0 Å². The van der Waals surface area contributed by atoms with Gasteiger partial charge in [-0.15, -0.1) is 0 Å². The summed E-state index contributed by atoms with van der Waals surface area (Å²) in [7, 11) is 3.84. The van der Waals surface area contributed by atoms with Gasteiger partial charge < -0.3 is 15.4 Å². The van der Waals surface area contributed by atoms with Crippen LogP contribution in [0.4, 0.5) is 0 Å². The van der Waals surface area contributed by atoms with E-state index in [1.807, 2.05) is 19.2 Å². The molecule has 1 aliphatic heterocycles. The monoisotopic (exact) mass is 314 g/mol. The van der Waals surface area contributed by atoms with E-state index in [2.05, 4.69) is 16.7 Å². The zero-order valence-corrected chi connectivity index (χ0v) is 13.3. The molecule has 110 valence electrons. The molecule has 0 radical (unpaired) electrons. The molecule has 3 nitrogen and oxygen atoms in total. The third kappa shape index (κ3) is 1.92. The summed E-state index contributed by atoms with van der Waals surface area (Å²) in [5, 5.41) is 8.33. The van der Waals surface area contributed by atoms with Gasteiger partial charge in [0.15, 0.2) is 0 Å². The fraction of sp³-hybridized carbons (Fsp3) is 0.600. The molecule has 1 aromatic rings. The summed E-state index contributed by atoms with van der Waals surface area (Å²) in [6.45, 7) is 1.88. The number of likely N-dealkylation sites (N-methyl/N-ethyl adjacent to an activating group) is 1. The SMILES string of the molecule is CNC12CNCC1(c1ccc(Cl)c(Cl)c1)CC(OC)C2. The summed E-state index contributed by atoms with van der Waals surface area (Å²) in [6, 6.07) is 6.01. The molecule has 5 heteroatoms. The topological polar surface area (TPSA) is 33.3 Å². The van der Waals surface area contributed by atoms with Crippen molar-refractivity contribution in [1.82, 2.24) is 10.6 Å². The zero-order valence-electron chi connectivity index (χ0n) is 11.8. The van der Waals surface area contributed by atoms with Crippen molar-refractivity contribution in [3.8, 4) is 0 Å². The maximum Gasteiger partial charge on any atom is 0.0599 e. The smallest absolute Gasteiger partial charge is 0.0599 e. The van der Waals surface area contributed by atoms with Crippen molar-refractivity contribution >= 4 is 23.2 Å². The highest BCUT2D eigenvalue weighted by molar-refractivity contribution is 6.42. The first-order chi connectivity index (χ1) is 9.57. The molecule has 0 amide bonds. The molecular formula is C15H20Cl2N2O. The normalized spacial score (nSPS) is 36.3. The highest BCUT2D eigenvalue weighted by Crippen LogP contribution is 2.52. The van der Waals surface area contributed by atoms with Gasteiger partial charge in [-0.3, -0.25) is 0 Å². The molecule has 20 heavy (non-hydrogen) atoms. The van der Waals surface area contributed by atoms with Gasteiger partial charge in [-0.2, -0.15) is 0 Å². The van der Waals surface area contributed by atoms with E-state index in [9.17, 15) is 0 Å². The number of halogens is 2. The van der Waals surface area contributed by atoms with E-state index in [-0.39, 0.29) is 17.1 Å². The second-order valence-electron chi connectivity index (χ2n) is 5.91. The van der Waals surface area contributed by atoms with Crippen molar-refractivity contribution < 1.29 is 4.74 Å². The number of hydrogen-bond donors (Lipinski definition) is 2. The van der Waals surface area contributed by atoms with Gasteiger partial charge in [0.25, 0.3) is 0 Å². The van der Waals surface area contributed by atoms with E-state index in [0.29, 0.717) is 10.0 Å². The summed E-state index contributed by atoms with van der Waals surface area (Å²) < 4.78 is 5.65. The van der Waals surface area contributed by atoms with Crippen LogP contribution in [0.2, 0.25) is 10.0 Å². The molecule has 2 N–H and O–H groups in total. The second kappa shape index (κ2) is 5.15. The van der Waals surface area contributed by atoms with Gasteiger partial charge in [0.2, 0.25) is 0 Å². The summed E-state index contributed by atoms with van der Waals surface area (Å²) in [6.07, 6.45) is 2.28. The molecule has 1 heterocycles. The number of ether oxygens (including phenoxy) is 1. The van der Waals surface area contributed by atoms with Crippen LogP contribution in [-0.2, 0) is 10.2 Å². The average molecular weight is 315 g/mol. The molecule has 1 aromatic carbocycles. The van der Waals surface area contributed by atoms with Gasteiger partial charge in [0.1, 0.15) is 0 Å². The Hall–Kier alpha value is -0.320. The van der Waals surface area contributed by atoms with E-state index in [4.69, 9.17) is 27.9 Å². The molecule has 1 aliphatic carbocycles. The van der Waals surface area contributed by atoms with Crippen molar-refractivity contribution in [1.29, 1.82) is 0 Å². The highest BCUT2D eigenvalue weighted by Gasteiger charge is 2.61. The minimum atomic E-state index is 0.0106. The quantitative estimate of drug-likeness (QED) is 0.899. The lowest BCUT2D eigenvalue weighted by Crippen LogP contribution is -2.55. The molecule has 0 bridgehead atoms. The van der Waals surface area contributed by atoms with E-state index >= 15 is 0 Å². The van der Waals surface area contributed by atoms with Crippen LogP contribution in [0.1, 0.15) is 18.4 Å². The summed E-state index contributed by atoms with van der Waals surface area (Å²) in [4.78, 5) is 0. The molecular weight excluding hydrogens is 295 g/mol. The highest BCUT2D eigenvalue weighted by atomic mass is 35.5. The maximum absolute atomic E-state index is 6.23. The maximum atomic E-state index is 6.23. The van der Waals surface area contributed by atoms with Crippen molar-refractivity contribution in [2.45, 2.75) is 29.9 Å². The first-order valence-corrected chi connectivity index (χ1v) is 7.70. The third-order valence-corrected chi connectivity index (χ3v) is 5.94. The molecule has 2 aliphatic rings. The zero-order chi connectivity index (χ0) is 14.4. The molecule has 1 saturated carbocycles. The van der Waals surface area contributed by atoms with Crippen LogP contribution < -0.4 is 10.6 Å². The summed E-state index contributed by atoms with van der Waals surface area (Å²) in [5.41, 5.74) is 1.27. The fourth-order valence-corrected chi connectivity index (χ4v) is 4.40. The van der Waals surface area contributed by atoms with Gasteiger partial charge >= 0.3 is 0 Å². The van der Waals surface area contributed by atoms with Gasteiger partial charge in [-0.1, -0.05) is 29.3 Å². The molecule has 2 fully saturated rings. The molecule has 0 spiro atoms. The Labute approximate surface area is 130 Å². The summed E-state index contributed by atoms with van der Waals surface area (Å²) in [5.74, 6) is 0. The Morgan fingerprint density at radius 3 is 2.70 bits per heavy atom. The number of benzene rings is 1. The van der Waals surface area contributed by atoms with Crippen LogP contribution in [0, 0.1) is 0 Å². The van der Waals surface area contributed by atoms with Crippen molar-refractivity contribution in [3.05, 3.63) is 33.8 Å². The number of nitrogens with one attached hydrogen (secondary N) is 2. The van der Waals surface area contributed by atoms with Crippen LogP contribution in [0.3, 0.4) is 0 Å². The minimum absolute atomic E-state index is 0.0106. The van der Waals surface area contributed by atoms with Crippen LogP contribution in [0.15, 0.2) is 18.2 Å². The van der Waals surface area contributed by atoms with Gasteiger partial charge in [0, 0.05) is 31.2 Å². The Morgan fingerprint density at radius 1 is 1.25 bits per heavy atom. The van der Waals surface area contributed by atoms with Gasteiger partial charge in [0.05, 0.1) is 16.1 Å². The lowest BCUT2D eigenvalue weighted by Gasteiger charge is -2.40. The van der Waals surface area contributed by atoms with E-state index in [1.165, 1.54) is 5.56 Å². The fourth-order valence-electron chi connectivity index (χ4n) is 4.10. The lowest BCUT2D eigenvalue weighted by molar-refractivity contribution is 0.0981.